The molecule has 1 aliphatic heterocycles. The van der Waals surface area contributed by atoms with Crippen LogP contribution in [0.2, 0.25) is 0 Å². The van der Waals surface area contributed by atoms with Gasteiger partial charge in [0.1, 0.15) is 5.00 Å². The molecular weight excluding hydrogens is 344 g/mol. The van der Waals surface area contributed by atoms with Gasteiger partial charge in [0.2, 0.25) is 0 Å². The number of thioether (sulfide) groups is 1. The molecule has 0 bridgehead atoms. The smallest absolute Gasteiger partial charge is 0.316 e. The number of esters is 1. The number of thiophene rings is 1. The average Bonchev–Trinajstić information content (AvgIpc) is 2.94. The van der Waals surface area contributed by atoms with E-state index < -0.39 is 0 Å². The van der Waals surface area contributed by atoms with Gasteiger partial charge in [0, 0.05) is 11.4 Å². The van der Waals surface area contributed by atoms with Crippen LogP contribution in [0, 0.1) is 0 Å². The maximum atomic E-state index is 13.0. The fourth-order valence-corrected chi connectivity index (χ4v) is 5.45. The van der Waals surface area contributed by atoms with E-state index in [0.29, 0.717) is 13.2 Å². The van der Waals surface area contributed by atoms with Crippen molar-refractivity contribution in [3.05, 3.63) is 28.7 Å². The van der Waals surface area contributed by atoms with Crippen LogP contribution < -0.4 is 5.32 Å². The van der Waals surface area contributed by atoms with Crippen LogP contribution in [0.25, 0.3) is 0 Å². The van der Waals surface area contributed by atoms with Crippen molar-refractivity contribution in [2.24, 2.45) is 0 Å². The standard InChI is InChI=1S/C17H22N2O3S2/c1-3-9-19-16(21)14-11-7-5-6-8-12(11)24-15(14)18-17(19)23-10-13(20)22-4-2/h3,17-18H,1,4-10H2,2H3. The van der Waals surface area contributed by atoms with Crippen molar-refractivity contribution in [3.63, 3.8) is 0 Å². The van der Waals surface area contributed by atoms with Crippen molar-refractivity contribution in [2.75, 3.05) is 24.2 Å². The second kappa shape index (κ2) is 7.61. The van der Waals surface area contributed by atoms with Crippen LogP contribution in [0.5, 0.6) is 0 Å². The van der Waals surface area contributed by atoms with Crippen molar-refractivity contribution >= 4 is 40.0 Å². The fraction of sp³-hybridized carbons (Fsp3) is 0.529. The molecule has 1 atom stereocenters. The Hall–Kier alpha value is -1.47. The molecular formula is C17H22N2O3S2. The Bertz CT molecular complexity index is 657. The molecule has 2 aliphatic rings. The predicted molar refractivity (Wildman–Crippen MR) is 98.7 cm³/mol. The Kier molecular flexibility index (Phi) is 5.50. The number of rotatable bonds is 6. The van der Waals surface area contributed by atoms with Gasteiger partial charge in [-0.1, -0.05) is 6.08 Å². The van der Waals surface area contributed by atoms with E-state index in [1.54, 1.807) is 29.2 Å². The Labute approximate surface area is 150 Å². The first kappa shape index (κ1) is 17.4. The van der Waals surface area contributed by atoms with Gasteiger partial charge >= 0.3 is 5.97 Å². The molecule has 130 valence electrons. The van der Waals surface area contributed by atoms with Gasteiger partial charge in [-0.15, -0.1) is 29.7 Å². The van der Waals surface area contributed by atoms with E-state index >= 15 is 0 Å². The minimum atomic E-state index is -0.271. The highest BCUT2D eigenvalue weighted by atomic mass is 32.2. The summed E-state index contributed by atoms with van der Waals surface area (Å²) in [6.07, 6.45) is 6.10. The van der Waals surface area contributed by atoms with Gasteiger partial charge < -0.3 is 15.0 Å². The average molecular weight is 367 g/mol. The molecule has 1 aromatic heterocycles. The minimum absolute atomic E-state index is 0.0457. The van der Waals surface area contributed by atoms with Crippen LogP contribution in [-0.4, -0.2) is 41.2 Å². The summed E-state index contributed by atoms with van der Waals surface area (Å²) in [4.78, 5) is 27.8. The van der Waals surface area contributed by atoms with Crippen LogP contribution in [0.1, 0.15) is 40.6 Å². The van der Waals surface area contributed by atoms with E-state index in [0.717, 1.165) is 29.8 Å². The summed E-state index contributed by atoms with van der Waals surface area (Å²) >= 11 is 3.08. The molecule has 0 fully saturated rings. The van der Waals surface area contributed by atoms with Gasteiger partial charge in [-0.3, -0.25) is 9.59 Å². The monoisotopic (exact) mass is 366 g/mol. The highest BCUT2D eigenvalue weighted by Crippen LogP contribution is 2.42. The van der Waals surface area contributed by atoms with E-state index in [2.05, 4.69) is 11.9 Å². The van der Waals surface area contributed by atoms with Crippen molar-refractivity contribution < 1.29 is 14.3 Å². The lowest BCUT2D eigenvalue weighted by atomic mass is 9.94. The zero-order chi connectivity index (χ0) is 17.1. The Morgan fingerprint density at radius 3 is 3.04 bits per heavy atom. The van der Waals surface area contributed by atoms with Gasteiger partial charge in [0.25, 0.3) is 5.91 Å². The molecule has 24 heavy (non-hydrogen) atoms. The van der Waals surface area contributed by atoms with Crippen LogP contribution >= 0.6 is 23.1 Å². The second-order valence-corrected chi connectivity index (χ2v) is 7.95. The SMILES string of the molecule is C=CCN1C(=O)c2c(sc3c2CCCC3)NC1SCC(=O)OCC. The molecule has 1 aromatic rings. The summed E-state index contributed by atoms with van der Waals surface area (Å²) in [7, 11) is 0. The molecule has 0 aromatic carbocycles. The summed E-state index contributed by atoms with van der Waals surface area (Å²) in [6, 6.07) is 0. The number of anilines is 1. The number of hydrogen-bond acceptors (Lipinski definition) is 6. The molecule has 0 saturated carbocycles. The summed E-state index contributed by atoms with van der Waals surface area (Å²) in [6.45, 7) is 6.37. The molecule has 1 unspecified atom stereocenters. The van der Waals surface area contributed by atoms with E-state index in [1.807, 2.05) is 0 Å². The Morgan fingerprint density at radius 2 is 2.29 bits per heavy atom. The number of carbonyl (C=O) groups excluding carboxylic acids is 2. The lowest BCUT2D eigenvalue weighted by molar-refractivity contribution is -0.139. The largest absolute Gasteiger partial charge is 0.465 e. The predicted octanol–water partition coefficient (Wildman–Crippen LogP) is 3.26. The normalized spacial score (nSPS) is 19.3. The van der Waals surface area contributed by atoms with Crippen LogP contribution in [0.4, 0.5) is 5.00 Å². The quantitative estimate of drug-likeness (QED) is 0.619. The van der Waals surface area contributed by atoms with E-state index in [1.165, 1.54) is 28.6 Å². The number of amides is 1. The number of nitrogens with zero attached hydrogens (tertiary/aromatic N) is 1. The highest BCUT2D eigenvalue weighted by Gasteiger charge is 2.37. The van der Waals surface area contributed by atoms with Crippen molar-refractivity contribution in [2.45, 2.75) is 38.1 Å². The third-order valence-electron chi connectivity index (χ3n) is 4.17. The van der Waals surface area contributed by atoms with Crippen molar-refractivity contribution in [3.8, 4) is 0 Å². The van der Waals surface area contributed by atoms with Crippen molar-refractivity contribution in [1.29, 1.82) is 0 Å². The van der Waals surface area contributed by atoms with Gasteiger partial charge in [0.15, 0.2) is 5.50 Å². The van der Waals surface area contributed by atoms with Crippen LogP contribution in [0.3, 0.4) is 0 Å². The third-order valence-corrected chi connectivity index (χ3v) is 6.49. The Morgan fingerprint density at radius 1 is 1.50 bits per heavy atom. The summed E-state index contributed by atoms with van der Waals surface area (Å²) in [5.41, 5.74) is 1.79. The molecule has 5 nitrogen and oxygen atoms in total. The molecule has 2 heterocycles. The first-order valence-electron chi connectivity index (χ1n) is 8.25. The molecule has 1 N–H and O–H groups in total. The summed E-state index contributed by atoms with van der Waals surface area (Å²) in [5.74, 6) is 0.00308. The third kappa shape index (κ3) is 3.32. The summed E-state index contributed by atoms with van der Waals surface area (Å²) in [5, 5.41) is 4.40. The number of fused-ring (bicyclic) bond motifs is 3. The van der Waals surface area contributed by atoms with Gasteiger partial charge in [0.05, 0.1) is 17.9 Å². The second-order valence-electron chi connectivity index (χ2n) is 5.77. The van der Waals surface area contributed by atoms with Crippen LogP contribution in [0.15, 0.2) is 12.7 Å². The molecule has 7 heteroatoms. The summed E-state index contributed by atoms with van der Waals surface area (Å²) < 4.78 is 4.98. The lowest BCUT2D eigenvalue weighted by Crippen LogP contribution is -2.47. The van der Waals surface area contributed by atoms with Crippen molar-refractivity contribution in [1.82, 2.24) is 4.90 Å². The zero-order valence-electron chi connectivity index (χ0n) is 13.8. The number of aryl methyl sites for hydroxylation is 1. The zero-order valence-corrected chi connectivity index (χ0v) is 15.4. The van der Waals surface area contributed by atoms with E-state index in [-0.39, 0.29) is 23.1 Å². The van der Waals surface area contributed by atoms with Gasteiger partial charge in [-0.2, -0.15) is 0 Å². The maximum absolute atomic E-state index is 13.0. The molecule has 3 rings (SSSR count). The molecule has 0 radical (unpaired) electrons. The lowest BCUT2D eigenvalue weighted by Gasteiger charge is -2.35. The van der Waals surface area contributed by atoms with E-state index in [4.69, 9.17) is 4.74 Å². The fourth-order valence-electron chi connectivity index (χ4n) is 3.13. The van der Waals surface area contributed by atoms with Gasteiger partial charge in [-0.05, 0) is 38.2 Å². The first-order valence-corrected chi connectivity index (χ1v) is 10.1. The maximum Gasteiger partial charge on any atom is 0.316 e. The number of hydrogen-bond donors (Lipinski definition) is 1. The highest BCUT2D eigenvalue weighted by molar-refractivity contribution is 8.00. The molecule has 1 aliphatic carbocycles. The molecule has 1 amide bonds. The first-order chi connectivity index (χ1) is 11.7. The van der Waals surface area contributed by atoms with E-state index in [9.17, 15) is 9.59 Å². The molecule has 0 saturated heterocycles. The Balaban J connectivity index is 1.83. The molecule has 0 spiro atoms. The topological polar surface area (TPSA) is 58.6 Å². The van der Waals surface area contributed by atoms with Crippen LogP contribution in [-0.2, 0) is 22.4 Å². The number of carbonyl (C=O) groups is 2. The number of ether oxygens (including phenoxy) is 1. The van der Waals surface area contributed by atoms with Gasteiger partial charge in [-0.25, -0.2) is 0 Å². The minimum Gasteiger partial charge on any atom is -0.465 e. The number of nitrogens with one attached hydrogen (secondary N) is 1.